The number of ether oxygens (including phenoxy) is 1. The molecule has 0 unspecified atom stereocenters. The molecule has 6 nitrogen and oxygen atoms in total. The lowest BCUT2D eigenvalue weighted by atomic mass is 10.2. The first-order valence-electron chi connectivity index (χ1n) is 8.90. The molecule has 0 bridgehead atoms. The van der Waals surface area contributed by atoms with Crippen LogP contribution in [0.3, 0.4) is 0 Å². The number of hydrogen-bond acceptors (Lipinski definition) is 5. The van der Waals surface area contributed by atoms with Gasteiger partial charge in [0.2, 0.25) is 0 Å². The Morgan fingerprint density at radius 3 is 2.36 bits per heavy atom. The number of carbonyl (C=O) groups is 3. The first kappa shape index (κ1) is 19.6. The second-order valence-electron chi connectivity index (χ2n) is 6.16. The predicted octanol–water partition coefficient (Wildman–Crippen LogP) is 4.08. The molecule has 0 atom stereocenters. The van der Waals surface area contributed by atoms with Crippen molar-refractivity contribution in [2.24, 2.45) is 0 Å². The highest BCUT2D eigenvalue weighted by Gasteiger charge is 2.38. The van der Waals surface area contributed by atoms with Gasteiger partial charge in [0, 0.05) is 5.69 Å². The molecule has 144 valence electrons. The van der Waals surface area contributed by atoms with Gasteiger partial charge in [-0.15, -0.1) is 0 Å². The molecule has 2 aromatic rings. The van der Waals surface area contributed by atoms with E-state index in [9.17, 15) is 14.4 Å². The van der Waals surface area contributed by atoms with E-state index in [2.05, 4.69) is 5.32 Å². The summed E-state index contributed by atoms with van der Waals surface area (Å²) >= 11 is 6.10. The summed E-state index contributed by atoms with van der Waals surface area (Å²) in [6, 6.07) is 15.0. The number of imide groups is 1. The van der Waals surface area contributed by atoms with Crippen molar-refractivity contribution < 1.29 is 19.1 Å². The number of nitrogens with one attached hydrogen (secondary N) is 1. The minimum atomic E-state index is -0.622. The molecule has 0 aromatic heterocycles. The number of nitrogens with zero attached hydrogens (tertiary/aromatic N) is 1. The second kappa shape index (κ2) is 8.71. The van der Waals surface area contributed by atoms with Gasteiger partial charge in [-0.3, -0.25) is 9.59 Å². The Morgan fingerprint density at radius 2 is 1.71 bits per heavy atom. The summed E-state index contributed by atoms with van der Waals surface area (Å²) in [6.07, 6.45) is 1.72. The van der Waals surface area contributed by atoms with E-state index in [4.69, 9.17) is 16.3 Å². The number of carbonyl (C=O) groups excluding carboxylic acids is 3. The van der Waals surface area contributed by atoms with Gasteiger partial charge < -0.3 is 10.1 Å². The third-order valence-electron chi connectivity index (χ3n) is 4.16. The molecule has 0 saturated carbocycles. The number of anilines is 2. The zero-order chi connectivity index (χ0) is 20.1. The average Bonchev–Trinajstić information content (AvgIpc) is 2.92. The molecular formula is C21H19ClN2O4. The van der Waals surface area contributed by atoms with Crippen LogP contribution in [0.5, 0.6) is 0 Å². The summed E-state index contributed by atoms with van der Waals surface area (Å²) in [5.41, 5.74) is 1.33. The third-order valence-corrected chi connectivity index (χ3v) is 4.51. The van der Waals surface area contributed by atoms with E-state index in [1.54, 1.807) is 24.3 Å². The van der Waals surface area contributed by atoms with Crippen molar-refractivity contribution in [1.29, 1.82) is 0 Å². The largest absolute Gasteiger partial charge is 0.462 e. The smallest absolute Gasteiger partial charge is 0.338 e. The lowest BCUT2D eigenvalue weighted by Crippen LogP contribution is -2.32. The zero-order valence-corrected chi connectivity index (χ0v) is 16.0. The predicted molar refractivity (Wildman–Crippen MR) is 107 cm³/mol. The Balaban J connectivity index is 1.75. The van der Waals surface area contributed by atoms with E-state index in [1.807, 2.05) is 13.0 Å². The average molecular weight is 399 g/mol. The van der Waals surface area contributed by atoms with E-state index < -0.39 is 17.8 Å². The maximum atomic E-state index is 12.7. The third kappa shape index (κ3) is 4.07. The van der Waals surface area contributed by atoms with Gasteiger partial charge in [-0.1, -0.05) is 43.1 Å². The Bertz CT molecular complexity index is 923. The Kier molecular flexibility index (Phi) is 6.11. The Hall–Kier alpha value is -3.12. The summed E-state index contributed by atoms with van der Waals surface area (Å²) in [5.74, 6) is -1.62. The van der Waals surface area contributed by atoms with Crippen LogP contribution >= 0.6 is 11.6 Å². The molecule has 1 aliphatic rings. The van der Waals surface area contributed by atoms with Crippen LogP contribution < -0.4 is 10.2 Å². The first-order valence-corrected chi connectivity index (χ1v) is 9.28. The Morgan fingerprint density at radius 1 is 1.04 bits per heavy atom. The SMILES string of the molecule is CCCCOC(=O)c1ccc(N2C(=O)C(Cl)=C(Nc3ccccc3)C2=O)cc1. The highest BCUT2D eigenvalue weighted by Crippen LogP contribution is 2.30. The summed E-state index contributed by atoms with van der Waals surface area (Å²) in [6.45, 7) is 2.36. The first-order chi connectivity index (χ1) is 13.5. The maximum absolute atomic E-state index is 12.7. The van der Waals surface area contributed by atoms with Crippen LogP contribution in [0.1, 0.15) is 30.1 Å². The van der Waals surface area contributed by atoms with Gasteiger partial charge in [-0.05, 0) is 42.8 Å². The van der Waals surface area contributed by atoms with Gasteiger partial charge >= 0.3 is 5.97 Å². The lowest BCUT2D eigenvalue weighted by molar-refractivity contribution is -0.120. The molecule has 1 heterocycles. The van der Waals surface area contributed by atoms with Crippen LogP contribution in [0.2, 0.25) is 0 Å². The number of hydrogen-bond donors (Lipinski definition) is 1. The molecule has 2 aromatic carbocycles. The molecule has 0 radical (unpaired) electrons. The molecule has 2 amide bonds. The highest BCUT2D eigenvalue weighted by atomic mass is 35.5. The van der Waals surface area contributed by atoms with Crippen molar-refractivity contribution in [2.45, 2.75) is 19.8 Å². The fourth-order valence-corrected chi connectivity index (χ4v) is 2.86. The van der Waals surface area contributed by atoms with Crippen molar-refractivity contribution >= 4 is 40.8 Å². The number of rotatable bonds is 7. The molecular weight excluding hydrogens is 380 g/mol. The molecule has 28 heavy (non-hydrogen) atoms. The van der Waals surface area contributed by atoms with Crippen LogP contribution in [0.15, 0.2) is 65.3 Å². The minimum Gasteiger partial charge on any atom is -0.462 e. The number of benzene rings is 2. The molecule has 3 rings (SSSR count). The molecule has 0 saturated heterocycles. The summed E-state index contributed by atoms with van der Waals surface area (Å²) < 4.78 is 5.15. The number of unbranched alkanes of at least 4 members (excludes halogenated alkanes) is 1. The molecule has 1 aliphatic heterocycles. The molecule has 7 heteroatoms. The fourth-order valence-electron chi connectivity index (χ4n) is 2.65. The van der Waals surface area contributed by atoms with E-state index in [-0.39, 0.29) is 10.7 Å². The zero-order valence-electron chi connectivity index (χ0n) is 15.3. The standard InChI is InChI=1S/C21H19ClN2O4/c1-2-3-13-28-21(27)14-9-11-16(12-10-14)24-19(25)17(22)18(20(24)26)23-15-7-5-4-6-8-15/h4-12,23H,2-3,13H2,1H3. The van der Waals surface area contributed by atoms with Crippen LogP contribution in [0, 0.1) is 0 Å². The van der Waals surface area contributed by atoms with Crippen molar-refractivity contribution in [3.8, 4) is 0 Å². The highest BCUT2D eigenvalue weighted by molar-refractivity contribution is 6.53. The number of esters is 1. The monoisotopic (exact) mass is 398 g/mol. The lowest BCUT2D eigenvalue weighted by Gasteiger charge is -2.15. The van der Waals surface area contributed by atoms with Crippen LogP contribution in [0.25, 0.3) is 0 Å². The van der Waals surface area contributed by atoms with Crippen LogP contribution in [-0.2, 0) is 14.3 Å². The topological polar surface area (TPSA) is 75.7 Å². The van der Waals surface area contributed by atoms with Gasteiger partial charge in [0.1, 0.15) is 10.7 Å². The molecule has 0 spiro atoms. The second-order valence-corrected chi connectivity index (χ2v) is 6.54. The minimum absolute atomic E-state index is 0.0147. The van der Waals surface area contributed by atoms with E-state index in [1.165, 1.54) is 24.3 Å². The maximum Gasteiger partial charge on any atom is 0.338 e. The van der Waals surface area contributed by atoms with E-state index in [0.29, 0.717) is 23.5 Å². The summed E-state index contributed by atoms with van der Waals surface area (Å²) in [7, 11) is 0. The number of para-hydroxylation sites is 1. The van der Waals surface area contributed by atoms with Gasteiger partial charge in [0.25, 0.3) is 11.8 Å². The van der Waals surface area contributed by atoms with E-state index in [0.717, 1.165) is 17.7 Å². The normalized spacial score (nSPS) is 13.9. The summed E-state index contributed by atoms with van der Waals surface area (Å²) in [4.78, 5) is 38.2. The van der Waals surface area contributed by atoms with Crippen molar-refractivity contribution in [3.63, 3.8) is 0 Å². The van der Waals surface area contributed by atoms with Crippen LogP contribution in [0.4, 0.5) is 11.4 Å². The van der Waals surface area contributed by atoms with Crippen molar-refractivity contribution in [2.75, 3.05) is 16.8 Å². The van der Waals surface area contributed by atoms with Crippen molar-refractivity contribution in [1.82, 2.24) is 0 Å². The van der Waals surface area contributed by atoms with Crippen LogP contribution in [-0.4, -0.2) is 24.4 Å². The van der Waals surface area contributed by atoms with Gasteiger partial charge in [0.05, 0.1) is 17.9 Å². The molecule has 1 N–H and O–H groups in total. The molecule has 0 fully saturated rings. The Labute approximate surface area is 167 Å². The van der Waals surface area contributed by atoms with Crippen molar-refractivity contribution in [3.05, 3.63) is 70.9 Å². The number of amides is 2. The van der Waals surface area contributed by atoms with Gasteiger partial charge in [-0.2, -0.15) is 0 Å². The van der Waals surface area contributed by atoms with E-state index >= 15 is 0 Å². The fraction of sp³-hybridized carbons (Fsp3) is 0.190. The number of halogens is 1. The van der Waals surface area contributed by atoms with Gasteiger partial charge in [0.15, 0.2) is 0 Å². The molecule has 0 aliphatic carbocycles. The quantitative estimate of drug-likeness (QED) is 0.432. The van der Waals surface area contributed by atoms with Gasteiger partial charge in [-0.25, -0.2) is 9.69 Å². The summed E-state index contributed by atoms with van der Waals surface area (Å²) in [5, 5.41) is 2.71.